The average Bonchev–Trinajstić information content (AvgIpc) is 2.95. The Kier molecular flexibility index (Phi) is 12.4. The predicted molar refractivity (Wildman–Crippen MR) is 158 cm³/mol. The molecule has 222 valence electrons. The van der Waals surface area contributed by atoms with Crippen LogP contribution in [0, 0.1) is 11.8 Å². The first kappa shape index (κ1) is 33.7. The molecule has 42 heavy (non-hydrogen) atoms. The molecule has 0 saturated carbocycles. The molecule has 0 radical (unpaired) electrons. The number of rotatable bonds is 10. The lowest BCUT2D eigenvalue weighted by atomic mass is 10.1. The van der Waals surface area contributed by atoms with Crippen molar-refractivity contribution in [2.45, 2.75) is 37.9 Å². The maximum absolute atomic E-state index is 12.4. The molecule has 0 aromatic heterocycles. The minimum Gasteiger partial charge on any atom is -0.391 e. The maximum atomic E-state index is 12.4. The molecule has 0 aliphatic carbocycles. The summed E-state index contributed by atoms with van der Waals surface area (Å²) in [6.45, 7) is 1.78. The summed E-state index contributed by atoms with van der Waals surface area (Å²) in [6, 6.07) is 18.4. The summed E-state index contributed by atoms with van der Waals surface area (Å²) in [6.07, 6.45) is -0.0670. The Hall–Kier alpha value is -4.54. The van der Waals surface area contributed by atoms with Crippen molar-refractivity contribution in [3.8, 4) is 11.8 Å². The third-order valence-corrected chi connectivity index (χ3v) is 6.92. The highest BCUT2D eigenvalue weighted by Crippen LogP contribution is 2.11. The first-order chi connectivity index (χ1) is 19.5. The van der Waals surface area contributed by atoms with E-state index in [4.69, 9.17) is 5.21 Å². The molecular weight excluding hydrogens is 560 g/mol. The molecule has 11 nitrogen and oxygen atoms in total. The molecule has 0 fully saturated rings. The summed E-state index contributed by atoms with van der Waals surface area (Å²) in [5.74, 6) is 4.20. The van der Waals surface area contributed by atoms with E-state index in [0.29, 0.717) is 23.4 Å². The summed E-state index contributed by atoms with van der Waals surface area (Å²) >= 11 is 0. The number of hydrogen-bond donors (Lipinski definition) is 6. The molecule has 0 aliphatic rings. The van der Waals surface area contributed by atoms with Crippen LogP contribution >= 0.6 is 0 Å². The molecule has 3 amide bonds. The second-order valence-electron chi connectivity index (χ2n) is 9.14. The van der Waals surface area contributed by atoms with Crippen LogP contribution in [0.3, 0.4) is 0 Å². The van der Waals surface area contributed by atoms with Crippen LogP contribution < -0.4 is 21.4 Å². The lowest BCUT2D eigenvalue weighted by molar-refractivity contribution is -0.133. The van der Waals surface area contributed by atoms with Crippen molar-refractivity contribution in [3.05, 3.63) is 95.1 Å². The summed E-state index contributed by atoms with van der Waals surface area (Å²) in [5, 5.41) is 26.6. The van der Waals surface area contributed by atoms with Crippen molar-refractivity contribution in [3.63, 3.8) is 0 Å². The largest absolute Gasteiger partial charge is 0.391 e. The average molecular weight is 595 g/mol. The number of anilines is 1. The molecule has 0 unspecified atom stereocenters. The monoisotopic (exact) mass is 594 g/mol. The van der Waals surface area contributed by atoms with Crippen LogP contribution in [0.2, 0.25) is 0 Å². The lowest BCUT2D eigenvalue weighted by Crippen LogP contribution is -2.51. The van der Waals surface area contributed by atoms with E-state index in [2.05, 4.69) is 27.8 Å². The van der Waals surface area contributed by atoms with Gasteiger partial charge in [-0.15, -0.1) is 0 Å². The zero-order chi connectivity index (χ0) is 30.0. The Morgan fingerprint density at radius 1 is 0.881 bits per heavy atom. The molecule has 0 aliphatic heterocycles. The Labute approximate surface area is 245 Å². The van der Waals surface area contributed by atoms with Gasteiger partial charge in [0, 0.05) is 35.2 Å². The number of amides is 3. The summed E-state index contributed by atoms with van der Waals surface area (Å²) in [5.41, 5.74) is 4.44. The molecule has 12 heteroatoms. The zero-order valence-corrected chi connectivity index (χ0v) is 23.2. The van der Waals surface area contributed by atoms with Crippen molar-refractivity contribution in [1.29, 1.82) is 0 Å². The molecule has 0 saturated heterocycles. The Morgan fingerprint density at radius 3 is 1.93 bits per heavy atom. The Bertz CT molecular complexity index is 1540. The van der Waals surface area contributed by atoms with E-state index >= 15 is 0 Å². The molecule has 0 heterocycles. The van der Waals surface area contributed by atoms with Gasteiger partial charge < -0.3 is 21.1 Å². The first-order valence-electron chi connectivity index (χ1n) is 12.4. The van der Waals surface area contributed by atoms with Crippen molar-refractivity contribution < 1.29 is 33.1 Å². The molecule has 3 rings (SSSR count). The van der Waals surface area contributed by atoms with Crippen LogP contribution in [-0.4, -0.2) is 61.4 Å². The highest BCUT2D eigenvalue weighted by molar-refractivity contribution is 7.90. The minimum absolute atomic E-state index is 0. The fourth-order valence-corrected chi connectivity index (χ4v) is 4.20. The van der Waals surface area contributed by atoms with E-state index in [1.165, 1.54) is 36.7 Å². The highest BCUT2D eigenvalue weighted by atomic mass is 32.2. The summed E-state index contributed by atoms with van der Waals surface area (Å²) in [7, 11) is -3.25. The van der Waals surface area contributed by atoms with Gasteiger partial charge >= 0.3 is 0 Å². The molecule has 2 atom stereocenters. The number of carbonyl (C=O) groups is 3. The van der Waals surface area contributed by atoms with Crippen LogP contribution in [-0.2, 0) is 26.0 Å². The van der Waals surface area contributed by atoms with Gasteiger partial charge in [-0.2, -0.15) is 0 Å². The van der Waals surface area contributed by atoms with Crippen LogP contribution in [0.25, 0.3) is 0 Å². The third kappa shape index (κ3) is 10.1. The van der Waals surface area contributed by atoms with Gasteiger partial charge in [-0.1, -0.05) is 31.4 Å². The minimum atomic E-state index is -3.25. The van der Waals surface area contributed by atoms with Gasteiger partial charge in [0.15, 0.2) is 9.84 Å². The molecule has 0 bridgehead atoms. The Balaban J connectivity index is 0.00000616. The van der Waals surface area contributed by atoms with E-state index in [1.54, 1.807) is 48.5 Å². The lowest BCUT2D eigenvalue weighted by Gasteiger charge is -2.19. The van der Waals surface area contributed by atoms with Gasteiger partial charge in [0.25, 0.3) is 11.8 Å². The second kappa shape index (κ2) is 15.5. The number of hydrogen-bond acceptors (Lipinski definition) is 8. The predicted octanol–water partition coefficient (Wildman–Crippen LogP) is 1.84. The molecular formula is C30H34N4O7S. The summed E-state index contributed by atoms with van der Waals surface area (Å²) in [4.78, 5) is 36.5. The van der Waals surface area contributed by atoms with Crippen LogP contribution in [0.15, 0.2) is 77.7 Å². The smallest absolute Gasteiger partial charge is 0.268 e. The van der Waals surface area contributed by atoms with Crippen molar-refractivity contribution in [2.24, 2.45) is 0 Å². The number of carbonyl (C=O) groups excluding carboxylic acids is 3. The number of hydroxylamine groups is 1. The van der Waals surface area contributed by atoms with Crippen LogP contribution in [0.5, 0.6) is 0 Å². The van der Waals surface area contributed by atoms with Gasteiger partial charge in [-0.3, -0.25) is 19.6 Å². The number of aliphatic hydroxyl groups is 1. The quantitative estimate of drug-likeness (QED) is 0.117. The fraction of sp³-hybridized carbons (Fsp3) is 0.233. The van der Waals surface area contributed by atoms with Gasteiger partial charge in [0.1, 0.15) is 6.04 Å². The van der Waals surface area contributed by atoms with E-state index in [9.17, 15) is 27.9 Å². The zero-order valence-electron chi connectivity index (χ0n) is 22.3. The SMILES string of the molecule is C.C[C@@H](O)[C@H](NC(=O)c1ccc(C#Cc2ccc(NC(=O)CNCc3ccc(S(C)(=O)=O)cc3)cc2)cc1)C(=O)NO. The first-order valence-corrected chi connectivity index (χ1v) is 14.3. The summed E-state index contributed by atoms with van der Waals surface area (Å²) < 4.78 is 23.1. The van der Waals surface area contributed by atoms with E-state index in [1.807, 2.05) is 0 Å². The highest BCUT2D eigenvalue weighted by Gasteiger charge is 2.25. The standard InChI is InChI=1S/C29H30N4O7S.CH4/c1-19(34)27(29(37)33-38)32-28(36)23-11-5-20(6-12-23)3-4-21-7-13-24(14-8-21)31-26(35)18-30-17-22-9-15-25(16-10-22)41(2,39)40;/h5-16,19,27,30,34,38H,17-18H2,1-2H3,(H,31,35)(H,32,36)(H,33,37);1H4/t19-,27+;/m1./s1. The van der Waals surface area contributed by atoms with Crippen LogP contribution in [0.4, 0.5) is 5.69 Å². The van der Waals surface area contributed by atoms with Gasteiger partial charge in [-0.25, -0.2) is 13.9 Å². The number of benzene rings is 3. The Morgan fingerprint density at radius 2 is 1.43 bits per heavy atom. The molecule has 3 aromatic carbocycles. The van der Waals surface area contributed by atoms with Crippen molar-refractivity contribution >= 4 is 33.2 Å². The third-order valence-electron chi connectivity index (χ3n) is 5.79. The van der Waals surface area contributed by atoms with Crippen molar-refractivity contribution in [1.82, 2.24) is 16.1 Å². The molecule has 3 aromatic rings. The molecule has 6 N–H and O–H groups in total. The second-order valence-corrected chi connectivity index (χ2v) is 11.2. The van der Waals surface area contributed by atoms with E-state index < -0.39 is 33.8 Å². The van der Waals surface area contributed by atoms with Gasteiger partial charge in [0.2, 0.25) is 5.91 Å². The maximum Gasteiger partial charge on any atom is 0.268 e. The fourth-order valence-electron chi connectivity index (χ4n) is 3.57. The van der Waals surface area contributed by atoms with E-state index in [-0.39, 0.29) is 30.3 Å². The van der Waals surface area contributed by atoms with Gasteiger partial charge in [0.05, 0.1) is 17.5 Å². The molecule has 0 spiro atoms. The number of nitrogens with one attached hydrogen (secondary N) is 4. The normalized spacial score (nSPS) is 12.0. The van der Waals surface area contributed by atoms with Crippen LogP contribution in [0.1, 0.15) is 41.4 Å². The van der Waals surface area contributed by atoms with Gasteiger partial charge in [-0.05, 0) is 73.2 Å². The van der Waals surface area contributed by atoms with E-state index in [0.717, 1.165) is 11.8 Å². The number of aliphatic hydroxyl groups excluding tert-OH is 1. The number of sulfone groups is 1. The van der Waals surface area contributed by atoms with Crippen molar-refractivity contribution in [2.75, 3.05) is 18.1 Å². The topological polar surface area (TPSA) is 174 Å².